The van der Waals surface area contributed by atoms with Crippen molar-refractivity contribution in [2.45, 2.75) is 18.9 Å². The first-order valence-electron chi connectivity index (χ1n) is 7.08. The molecule has 0 fully saturated rings. The van der Waals surface area contributed by atoms with E-state index >= 15 is 0 Å². The Morgan fingerprint density at radius 2 is 1.52 bits per heavy atom. The number of nitrogens with two attached hydrogens (primary N) is 1. The minimum absolute atomic E-state index is 0. The first-order chi connectivity index (χ1) is 9.81. The van der Waals surface area contributed by atoms with Crippen LogP contribution in [0.1, 0.15) is 24.4 Å². The van der Waals surface area contributed by atoms with Crippen molar-refractivity contribution in [1.82, 2.24) is 0 Å². The number of hydrogen-bond acceptors (Lipinski definition) is 2. The van der Waals surface area contributed by atoms with Crippen LogP contribution < -0.4 is 5.73 Å². The summed E-state index contributed by atoms with van der Waals surface area (Å²) in [5, 5.41) is 13.9. The summed E-state index contributed by atoms with van der Waals surface area (Å²) in [4.78, 5) is 0. The Balaban J connectivity index is 0.00000161. The Morgan fingerprint density at radius 3 is 2.24 bits per heavy atom. The van der Waals surface area contributed by atoms with Crippen LogP contribution in [0.3, 0.4) is 0 Å². The van der Waals surface area contributed by atoms with Crippen LogP contribution in [-0.4, -0.2) is 11.7 Å². The zero-order valence-corrected chi connectivity index (χ0v) is 12.6. The molecule has 0 saturated heterocycles. The summed E-state index contributed by atoms with van der Waals surface area (Å²) >= 11 is 0. The van der Waals surface area contributed by atoms with Crippen LogP contribution in [0.5, 0.6) is 0 Å². The van der Waals surface area contributed by atoms with Gasteiger partial charge in [0.1, 0.15) is 0 Å². The molecule has 3 N–H and O–H groups in total. The van der Waals surface area contributed by atoms with Crippen molar-refractivity contribution in [3.05, 3.63) is 60.2 Å². The van der Waals surface area contributed by atoms with Crippen molar-refractivity contribution < 1.29 is 5.11 Å². The van der Waals surface area contributed by atoms with E-state index in [-0.39, 0.29) is 25.1 Å². The van der Waals surface area contributed by atoms with Crippen LogP contribution in [0.4, 0.5) is 0 Å². The Kier molecular flexibility index (Phi) is 5.18. The third kappa shape index (κ3) is 3.03. The molecule has 0 amide bonds. The van der Waals surface area contributed by atoms with Gasteiger partial charge in [0.15, 0.2) is 0 Å². The molecule has 0 spiro atoms. The predicted octanol–water partition coefficient (Wildman–Crippen LogP) is 4.19. The van der Waals surface area contributed by atoms with Crippen LogP contribution in [0.25, 0.3) is 21.5 Å². The summed E-state index contributed by atoms with van der Waals surface area (Å²) < 4.78 is 0. The molecule has 0 unspecified atom stereocenters. The lowest BCUT2D eigenvalue weighted by Gasteiger charge is -2.16. The molecule has 0 heterocycles. The minimum atomic E-state index is -0.0309. The Morgan fingerprint density at radius 1 is 0.905 bits per heavy atom. The molecular formula is C18H20ClNO. The van der Waals surface area contributed by atoms with Crippen LogP contribution in [0.2, 0.25) is 0 Å². The van der Waals surface area contributed by atoms with Crippen LogP contribution in [0.15, 0.2) is 54.6 Å². The number of halogens is 1. The Hall–Kier alpha value is -1.61. The van der Waals surface area contributed by atoms with E-state index < -0.39 is 0 Å². The van der Waals surface area contributed by atoms with Gasteiger partial charge < -0.3 is 10.8 Å². The zero-order valence-electron chi connectivity index (χ0n) is 11.8. The Bertz CT molecular complexity index is 741. The standard InChI is InChI=1S/C18H19NO.ClH/c19-18(10-5-11-20)17-12-13-6-1-2-7-14(13)15-8-3-4-9-16(15)17;/h1-4,6-9,12,18,20H,5,10-11,19H2;1H/t18-;/m0./s1. The summed E-state index contributed by atoms with van der Waals surface area (Å²) in [5.41, 5.74) is 7.50. The fraction of sp³-hybridized carbons (Fsp3) is 0.222. The van der Waals surface area contributed by atoms with Crippen molar-refractivity contribution in [1.29, 1.82) is 0 Å². The van der Waals surface area contributed by atoms with Crippen molar-refractivity contribution in [2.75, 3.05) is 6.61 Å². The maximum absolute atomic E-state index is 8.99. The third-order valence-electron chi connectivity index (χ3n) is 3.87. The summed E-state index contributed by atoms with van der Waals surface area (Å²) in [6.07, 6.45) is 1.54. The highest BCUT2D eigenvalue weighted by atomic mass is 35.5. The van der Waals surface area contributed by atoms with Gasteiger partial charge in [0.2, 0.25) is 0 Å². The number of hydrogen-bond donors (Lipinski definition) is 2. The second kappa shape index (κ2) is 6.90. The molecular weight excluding hydrogens is 282 g/mol. The van der Waals surface area contributed by atoms with Crippen molar-refractivity contribution >= 4 is 34.0 Å². The van der Waals surface area contributed by atoms with E-state index in [1.54, 1.807) is 0 Å². The zero-order chi connectivity index (χ0) is 13.9. The van der Waals surface area contributed by atoms with Crippen molar-refractivity contribution in [3.8, 4) is 0 Å². The number of rotatable bonds is 4. The SMILES string of the molecule is Cl.N[C@@H](CCCO)c1cc2ccccc2c2ccccc12. The lowest BCUT2D eigenvalue weighted by molar-refractivity contribution is 0.280. The summed E-state index contributed by atoms with van der Waals surface area (Å²) in [6.45, 7) is 0.194. The highest BCUT2D eigenvalue weighted by Gasteiger charge is 2.12. The quantitative estimate of drug-likeness (QED) is 0.710. The van der Waals surface area contributed by atoms with Crippen molar-refractivity contribution in [2.24, 2.45) is 5.73 Å². The smallest absolute Gasteiger partial charge is 0.0431 e. The first-order valence-corrected chi connectivity index (χ1v) is 7.08. The van der Waals surface area contributed by atoms with Crippen molar-refractivity contribution in [3.63, 3.8) is 0 Å². The van der Waals surface area contributed by atoms with E-state index in [2.05, 4.69) is 54.6 Å². The van der Waals surface area contributed by atoms with Gasteiger partial charge >= 0.3 is 0 Å². The molecule has 3 heteroatoms. The number of aliphatic hydroxyl groups excluding tert-OH is 1. The molecule has 3 rings (SSSR count). The lowest BCUT2D eigenvalue weighted by atomic mass is 9.92. The molecule has 0 bridgehead atoms. The van der Waals surface area contributed by atoms with E-state index in [0.29, 0.717) is 0 Å². The second-order valence-electron chi connectivity index (χ2n) is 5.20. The van der Waals surface area contributed by atoms with Gasteiger partial charge in [-0.2, -0.15) is 0 Å². The van der Waals surface area contributed by atoms with E-state index in [4.69, 9.17) is 10.8 Å². The summed E-state index contributed by atoms with van der Waals surface area (Å²) in [7, 11) is 0. The van der Waals surface area contributed by atoms with E-state index in [1.165, 1.54) is 27.1 Å². The normalized spacial score (nSPS) is 12.3. The molecule has 0 aliphatic carbocycles. The van der Waals surface area contributed by atoms with Crippen LogP contribution in [0, 0.1) is 0 Å². The maximum atomic E-state index is 8.99. The van der Waals surface area contributed by atoms with Crippen LogP contribution in [-0.2, 0) is 0 Å². The topological polar surface area (TPSA) is 46.2 Å². The number of fused-ring (bicyclic) bond motifs is 3. The molecule has 21 heavy (non-hydrogen) atoms. The Labute approximate surface area is 131 Å². The van der Waals surface area contributed by atoms with Gasteiger partial charge in [0.25, 0.3) is 0 Å². The number of aliphatic hydroxyl groups is 1. The third-order valence-corrected chi connectivity index (χ3v) is 3.87. The average molecular weight is 302 g/mol. The minimum Gasteiger partial charge on any atom is -0.396 e. The predicted molar refractivity (Wildman–Crippen MR) is 92.0 cm³/mol. The van der Waals surface area contributed by atoms with E-state index in [1.807, 2.05) is 0 Å². The van der Waals surface area contributed by atoms with Gasteiger partial charge in [-0.25, -0.2) is 0 Å². The average Bonchev–Trinajstić information content (AvgIpc) is 2.52. The lowest BCUT2D eigenvalue weighted by Crippen LogP contribution is -2.11. The fourth-order valence-electron chi connectivity index (χ4n) is 2.86. The highest BCUT2D eigenvalue weighted by molar-refractivity contribution is 6.09. The molecule has 0 aliphatic heterocycles. The van der Waals surface area contributed by atoms with Crippen LogP contribution >= 0.6 is 12.4 Å². The molecule has 0 aromatic heterocycles. The monoisotopic (exact) mass is 301 g/mol. The molecule has 0 saturated carbocycles. The van der Waals surface area contributed by atoms with E-state index in [0.717, 1.165) is 12.8 Å². The molecule has 3 aromatic carbocycles. The molecule has 0 aliphatic rings. The largest absolute Gasteiger partial charge is 0.396 e. The molecule has 3 aromatic rings. The van der Waals surface area contributed by atoms with Gasteiger partial charge in [-0.1, -0.05) is 48.5 Å². The maximum Gasteiger partial charge on any atom is 0.0431 e. The van der Waals surface area contributed by atoms with Gasteiger partial charge in [-0.3, -0.25) is 0 Å². The van der Waals surface area contributed by atoms with Gasteiger partial charge in [-0.05, 0) is 46.0 Å². The highest BCUT2D eigenvalue weighted by Crippen LogP contribution is 2.32. The van der Waals surface area contributed by atoms with E-state index in [9.17, 15) is 0 Å². The molecule has 0 radical (unpaired) electrons. The molecule has 2 nitrogen and oxygen atoms in total. The molecule has 1 atom stereocenters. The summed E-state index contributed by atoms with van der Waals surface area (Å²) in [5.74, 6) is 0. The first kappa shape index (κ1) is 15.8. The van der Waals surface area contributed by atoms with Gasteiger partial charge in [0, 0.05) is 12.6 Å². The molecule has 110 valence electrons. The second-order valence-corrected chi connectivity index (χ2v) is 5.20. The number of benzene rings is 3. The fourth-order valence-corrected chi connectivity index (χ4v) is 2.86. The van der Waals surface area contributed by atoms with Gasteiger partial charge in [-0.15, -0.1) is 12.4 Å². The van der Waals surface area contributed by atoms with Gasteiger partial charge in [0.05, 0.1) is 0 Å². The summed E-state index contributed by atoms with van der Waals surface area (Å²) in [6, 6.07) is 19.0.